The number of aryl methyl sites for hydroxylation is 1. The third kappa shape index (κ3) is 6.29. The molecule has 7 nitrogen and oxygen atoms in total. The number of piperidine rings is 1. The first-order valence-electron chi connectivity index (χ1n) is 10.4. The minimum atomic E-state index is -0.141. The van der Waals surface area contributed by atoms with Gasteiger partial charge >= 0.3 is 0 Å². The molecule has 158 valence electrons. The fourth-order valence-electron chi connectivity index (χ4n) is 3.49. The predicted octanol–water partition coefficient (Wildman–Crippen LogP) is 3.01. The normalized spacial score (nSPS) is 16.8. The SMILES string of the molecule is CN=C(NCc1noc(C(C)(C)C)n1)NC1CCN(Cc2cccc(C)c2)CC1. The van der Waals surface area contributed by atoms with E-state index >= 15 is 0 Å². The Morgan fingerprint density at radius 2 is 2.03 bits per heavy atom. The number of hydrogen-bond acceptors (Lipinski definition) is 5. The third-order valence-corrected chi connectivity index (χ3v) is 5.16. The molecule has 1 aromatic carbocycles. The molecule has 1 aliphatic rings. The zero-order valence-electron chi connectivity index (χ0n) is 18.3. The van der Waals surface area contributed by atoms with Crippen LogP contribution >= 0.6 is 0 Å². The number of rotatable bonds is 5. The second-order valence-electron chi connectivity index (χ2n) is 8.88. The molecule has 1 saturated heterocycles. The van der Waals surface area contributed by atoms with Gasteiger partial charge in [-0.3, -0.25) is 9.89 Å². The van der Waals surface area contributed by atoms with Crippen LogP contribution in [0.15, 0.2) is 33.8 Å². The minimum absolute atomic E-state index is 0.141. The second kappa shape index (κ2) is 9.39. The van der Waals surface area contributed by atoms with Crippen LogP contribution in [-0.2, 0) is 18.5 Å². The Balaban J connectivity index is 1.43. The summed E-state index contributed by atoms with van der Waals surface area (Å²) in [6.07, 6.45) is 2.20. The van der Waals surface area contributed by atoms with Gasteiger partial charge in [-0.1, -0.05) is 55.8 Å². The molecule has 3 rings (SSSR count). The quantitative estimate of drug-likeness (QED) is 0.595. The summed E-state index contributed by atoms with van der Waals surface area (Å²) in [5, 5.41) is 10.9. The Kier molecular flexibility index (Phi) is 6.90. The molecule has 2 heterocycles. The number of aromatic nitrogens is 2. The molecule has 0 unspecified atom stereocenters. The topological polar surface area (TPSA) is 78.6 Å². The maximum Gasteiger partial charge on any atom is 0.232 e. The smallest absolute Gasteiger partial charge is 0.232 e. The molecule has 1 aliphatic heterocycles. The van der Waals surface area contributed by atoms with Crippen LogP contribution < -0.4 is 10.6 Å². The lowest BCUT2D eigenvalue weighted by Crippen LogP contribution is -2.48. The third-order valence-electron chi connectivity index (χ3n) is 5.16. The molecule has 0 spiro atoms. The van der Waals surface area contributed by atoms with E-state index in [9.17, 15) is 0 Å². The summed E-state index contributed by atoms with van der Waals surface area (Å²) in [5.74, 6) is 2.08. The molecule has 2 N–H and O–H groups in total. The van der Waals surface area contributed by atoms with Crippen molar-refractivity contribution >= 4 is 5.96 Å². The first kappa shape index (κ1) is 21.3. The van der Waals surface area contributed by atoms with Gasteiger partial charge in [-0.2, -0.15) is 4.98 Å². The number of likely N-dealkylation sites (tertiary alicyclic amines) is 1. The summed E-state index contributed by atoms with van der Waals surface area (Å²) < 4.78 is 5.35. The van der Waals surface area contributed by atoms with Gasteiger partial charge in [0.2, 0.25) is 5.89 Å². The van der Waals surface area contributed by atoms with E-state index in [0.29, 0.717) is 24.3 Å². The van der Waals surface area contributed by atoms with Crippen LogP contribution in [0.25, 0.3) is 0 Å². The number of hydrogen-bond donors (Lipinski definition) is 2. The molecule has 29 heavy (non-hydrogen) atoms. The first-order valence-corrected chi connectivity index (χ1v) is 10.4. The fourth-order valence-corrected chi connectivity index (χ4v) is 3.49. The van der Waals surface area contributed by atoms with E-state index in [2.05, 4.69) is 82.6 Å². The highest BCUT2D eigenvalue weighted by Gasteiger charge is 2.22. The molecule has 0 aliphatic carbocycles. The molecule has 7 heteroatoms. The van der Waals surface area contributed by atoms with Crippen LogP contribution in [0, 0.1) is 6.92 Å². The van der Waals surface area contributed by atoms with Gasteiger partial charge in [-0.05, 0) is 25.3 Å². The highest BCUT2D eigenvalue weighted by atomic mass is 16.5. The lowest BCUT2D eigenvalue weighted by Gasteiger charge is -2.33. The van der Waals surface area contributed by atoms with Crippen LogP contribution in [0.2, 0.25) is 0 Å². The number of benzene rings is 1. The van der Waals surface area contributed by atoms with Crippen molar-refractivity contribution in [1.82, 2.24) is 25.7 Å². The van der Waals surface area contributed by atoms with Crippen molar-refractivity contribution in [2.45, 2.75) is 65.1 Å². The van der Waals surface area contributed by atoms with Crippen molar-refractivity contribution in [2.75, 3.05) is 20.1 Å². The minimum Gasteiger partial charge on any atom is -0.354 e. The van der Waals surface area contributed by atoms with E-state index < -0.39 is 0 Å². The Labute approximate surface area is 174 Å². The number of guanidine groups is 1. The van der Waals surface area contributed by atoms with Crippen molar-refractivity contribution in [3.63, 3.8) is 0 Å². The average Bonchev–Trinajstić information content (AvgIpc) is 3.16. The molecular formula is C22H34N6O. The van der Waals surface area contributed by atoms with E-state index in [-0.39, 0.29) is 5.41 Å². The van der Waals surface area contributed by atoms with Crippen molar-refractivity contribution in [3.8, 4) is 0 Å². The van der Waals surface area contributed by atoms with E-state index in [1.807, 2.05) is 0 Å². The number of aliphatic imine (C=N–C) groups is 1. The Hall–Kier alpha value is -2.41. The first-order chi connectivity index (χ1) is 13.8. The lowest BCUT2D eigenvalue weighted by molar-refractivity contribution is 0.198. The molecule has 2 aromatic rings. The van der Waals surface area contributed by atoms with E-state index in [1.165, 1.54) is 11.1 Å². The molecular weight excluding hydrogens is 364 g/mol. The van der Waals surface area contributed by atoms with Crippen molar-refractivity contribution in [2.24, 2.45) is 4.99 Å². The molecule has 1 aromatic heterocycles. The zero-order valence-corrected chi connectivity index (χ0v) is 18.3. The average molecular weight is 399 g/mol. The van der Waals surface area contributed by atoms with Crippen LogP contribution in [0.4, 0.5) is 0 Å². The van der Waals surface area contributed by atoms with Gasteiger partial charge in [-0.25, -0.2) is 0 Å². The Morgan fingerprint density at radius 1 is 1.28 bits per heavy atom. The predicted molar refractivity (Wildman–Crippen MR) is 116 cm³/mol. The highest BCUT2D eigenvalue weighted by Crippen LogP contribution is 2.19. The van der Waals surface area contributed by atoms with Crippen molar-refractivity contribution in [1.29, 1.82) is 0 Å². The molecule has 0 saturated carbocycles. The van der Waals surface area contributed by atoms with Gasteiger partial charge in [0.25, 0.3) is 0 Å². The van der Waals surface area contributed by atoms with Gasteiger partial charge < -0.3 is 15.2 Å². The molecule has 0 amide bonds. The van der Waals surface area contributed by atoms with Crippen LogP contribution in [-0.4, -0.2) is 47.2 Å². The number of nitrogens with one attached hydrogen (secondary N) is 2. The lowest BCUT2D eigenvalue weighted by atomic mass is 9.97. The van der Waals surface area contributed by atoms with Gasteiger partial charge in [0, 0.05) is 38.1 Å². The van der Waals surface area contributed by atoms with Crippen molar-refractivity contribution < 1.29 is 4.52 Å². The van der Waals surface area contributed by atoms with Gasteiger partial charge in [-0.15, -0.1) is 0 Å². The molecule has 1 fully saturated rings. The van der Waals surface area contributed by atoms with Crippen molar-refractivity contribution in [3.05, 3.63) is 47.1 Å². The summed E-state index contributed by atoms with van der Waals surface area (Å²) in [5.41, 5.74) is 2.58. The maximum atomic E-state index is 5.35. The monoisotopic (exact) mass is 398 g/mol. The van der Waals surface area contributed by atoms with E-state index in [1.54, 1.807) is 7.05 Å². The van der Waals surface area contributed by atoms with Gasteiger partial charge in [0.05, 0.1) is 6.54 Å². The summed E-state index contributed by atoms with van der Waals surface area (Å²) in [6.45, 7) is 12.0. The van der Waals surface area contributed by atoms with E-state index in [0.717, 1.165) is 38.4 Å². The van der Waals surface area contributed by atoms with Gasteiger partial charge in [0.15, 0.2) is 11.8 Å². The summed E-state index contributed by atoms with van der Waals surface area (Å²) >= 11 is 0. The van der Waals surface area contributed by atoms with Gasteiger partial charge in [0.1, 0.15) is 0 Å². The largest absolute Gasteiger partial charge is 0.354 e. The van der Waals surface area contributed by atoms with Crippen LogP contribution in [0.1, 0.15) is 56.5 Å². The van der Waals surface area contributed by atoms with Crippen LogP contribution in [0.5, 0.6) is 0 Å². The van der Waals surface area contributed by atoms with Crippen LogP contribution in [0.3, 0.4) is 0 Å². The maximum absolute atomic E-state index is 5.35. The van der Waals surface area contributed by atoms with E-state index in [4.69, 9.17) is 4.52 Å². The fraction of sp³-hybridized carbons (Fsp3) is 0.591. The number of nitrogens with zero attached hydrogens (tertiary/aromatic N) is 4. The Bertz CT molecular complexity index is 815. The molecule has 0 atom stereocenters. The summed E-state index contributed by atoms with van der Waals surface area (Å²) in [4.78, 5) is 11.3. The zero-order chi connectivity index (χ0) is 20.9. The molecule has 0 bridgehead atoms. The Morgan fingerprint density at radius 3 is 2.66 bits per heavy atom. The highest BCUT2D eigenvalue weighted by molar-refractivity contribution is 5.79. The summed E-state index contributed by atoms with van der Waals surface area (Å²) in [7, 11) is 1.79. The standard InChI is InChI=1S/C22H34N6O/c1-16-7-6-8-17(13-16)15-28-11-9-18(10-12-28)25-21(23-5)24-14-19-26-20(29-27-19)22(2,3)4/h6-8,13,18H,9-12,14-15H2,1-5H3,(H2,23,24,25). The molecule has 0 radical (unpaired) electrons. The second-order valence-corrected chi connectivity index (χ2v) is 8.88. The summed E-state index contributed by atoms with van der Waals surface area (Å²) in [6, 6.07) is 9.20.